The third-order valence-electron chi connectivity index (χ3n) is 3.14. The lowest BCUT2D eigenvalue weighted by Crippen LogP contribution is -2.45. The van der Waals surface area contributed by atoms with Gasteiger partial charge in [-0.3, -0.25) is 0 Å². The molecule has 0 saturated heterocycles. The minimum Gasteiger partial charge on any atom is -0.450 e. The van der Waals surface area contributed by atoms with E-state index in [0.717, 1.165) is 0 Å². The van der Waals surface area contributed by atoms with Crippen LogP contribution in [0.15, 0.2) is 0 Å². The summed E-state index contributed by atoms with van der Waals surface area (Å²) in [5.74, 6) is 0. The van der Waals surface area contributed by atoms with Crippen LogP contribution >= 0.6 is 0 Å². The average Bonchev–Trinajstić information content (AvgIpc) is 2.13. The minimum absolute atomic E-state index is 0.0248. The smallest absolute Gasteiger partial charge is 0.407 e. The van der Waals surface area contributed by atoms with Crippen LogP contribution in [0.4, 0.5) is 4.79 Å². The molecule has 0 aromatic carbocycles. The van der Waals surface area contributed by atoms with Crippen LogP contribution in [0.2, 0.25) is 18.1 Å². The van der Waals surface area contributed by atoms with Crippen molar-refractivity contribution in [2.24, 2.45) is 0 Å². The van der Waals surface area contributed by atoms with Gasteiger partial charge in [0.2, 0.25) is 0 Å². The molecule has 1 atom stereocenters. The van der Waals surface area contributed by atoms with Gasteiger partial charge >= 0.3 is 6.09 Å². The predicted octanol–water partition coefficient (Wildman–Crippen LogP) is 3.14. The predicted molar refractivity (Wildman–Crippen MR) is 72.8 cm³/mol. The van der Waals surface area contributed by atoms with Crippen molar-refractivity contribution in [3.05, 3.63) is 0 Å². The first-order valence-electron chi connectivity index (χ1n) is 6.17. The highest BCUT2D eigenvalue weighted by molar-refractivity contribution is 6.74. The van der Waals surface area contributed by atoms with Gasteiger partial charge in [0.1, 0.15) is 0 Å². The monoisotopic (exact) mass is 261 g/mol. The summed E-state index contributed by atoms with van der Waals surface area (Å²) in [7, 11) is -1.73. The molecule has 0 fully saturated rings. The van der Waals surface area contributed by atoms with Crippen LogP contribution < -0.4 is 5.32 Å². The molecule has 0 aromatic rings. The summed E-state index contributed by atoms with van der Waals surface area (Å²) in [6.07, 6.45) is -0.376. The molecular weight excluding hydrogens is 234 g/mol. The molecule has 0 bridgehead atoms. The van der Waals surface area contributed by atoms with Crippen molar-refractivity contribution in [1.82, 2.24) is 5.32 Å². The highest BCUT2D eigenvalue weighted by Gasteiger charge is 2.37. The van der Waals surface area contributed by atoms with E-state index in [2.05, 4.69) is 39.2 Å². The second kappa shape index (κ2) is 6.40. The van der Waals surface area contributed by atoms with E-state index < -0.39 is 8.32 Å². The zero-order valence-corrected chi connectivity index (χ0v) is 13.2. The number of hydrogen-bond donors (Lipinski definition) is 1. The van der Waals surface area contributed by atoms with E-state index in [1.807, 2.05) is 6.92 Å². The third-order valence-corrected chi connectivity index (χ3v) is 7.64. The Morgan fingerprint density at radius 2 is 1.88 bits per heavy atom. The maximum Gasteiger partial charge on any atom is 0.407 e. The molecule has 102 valence electrons. The summed E-state index contributed by atoms with van der Waals surface area (Å²) >= 11 is 0. The highest BCUT2D eigenvalue weighted by atomic mass is 28.4. The number of carbonyl (C=O) groups is 1. The third kappa shape index (κ3) is 6.07. The standard InChI is InChI=1S/C12H27NO3Si/c1-8-15-11(14)13-10(2)9-16-17(6,7)12(3,4)5/h10H,8-9H2,1-7H3,(H,13,14). The van der Waals surface area contributed by atoms with Gasteiger partial charge in [0.25, 0.3) is 0 Å². The minimum atomic E-state index is -1.73. The number of amides is 1. The Labute approximate surface area is 106 Å². The zero-order chi connectivity index (χ0) is 13.7. The van der Waals surface area contributed by atoms with Crippen LogP contribution in [0.25, 0.3) is 0 Å². The van der Waals surface area contributed by atoms with Gasteiger partial charge in [-0.2, -0.15) is 0 Å². The first-order chi connectivity index (χ1) is 7.60. The zero-order valence-electron chi connectivity index (χ0n) is 12.2. The first kappa shape index (κ1) is 16.4. The molecule has 1 N–H and O–H groups in total. The van der Waals surface area contributed by atoms with Crippen LogP contribution in [0.3, 0.4) is 0 Å². The number of ether oxygens (including phenoxy) is 1. The van der Waals surface area contributed by atoms with Gasteiger partial charge in [-0.05, 0) is 32.0 Å². The highest BCUT2D eigenvalue weighted by Crippen LogP contribution is 2.36. The fraction of sp³-hybridized carbons (Fsp3) is 0.917. The average molecular weight is 261 g/mol. The van der Waals surface area contributed by atoms with E-state index in [0.29, 0.717) is 13.2 Å². The molecule has 0 aromatic heterocycles. The lowest BCUT2D eigenvalue weighted by Gasteiger charge is -2.37. The number of carbonyl (C=O) groups excluding carboxylic acids is 1. The van der Waals surface area contributed by atoms with E-state index in [1.54, 1.807) is 6.92 Å². The van der Waals surface area contributed by atoms with E-state index in [9.17, 15) is 4.79 Å². The van der Waals surface area contributed by atoms with Gasteiger partial charge in [0.15, 0.2) is 8.32 Å². The Balaban J connectivity index is 4.08. The van der Waals surface area contributed by atoms with E-state index in [4.69, 9.17) is 9.16 Å². The van der Waals surface area contributed by atoms with Crippen molar-refractivity contribution < 1.29 is 14.0 Å². The molecule has 5 heteroatoms. The van der Waals surface area contributed by atoms with Crippen molar-refractivity contribution >= 4 is 14.4 Å². The molecule has 17 heavy (non-hydrogen) atoms. The Morgan fingerprint density at radius 3 is 2.29 bits per heavy atom. The second-order valence-electron chi connectivity index (χ2n) is 5.84. The molecule has 1 amide bonds. The molecule has 0 rings (SSSR count). The van der Waals surface area contributed by atoms with Crippen LogP contribution in [0.1, 0.15) is 34.6 Å². The van der Waals surface area contributed by atoms with Gasteiger partial charge in [0, 0.05) is 0 Å². The summed E-state index contributed by atoms with van der Waals surface area (Å²) in [4.78, 5) is 11.2. The summed E-state index contributed by atoms with van der Waals surface area (Å²) in [5.41, 5.74) is 0. The largest absolute Gasteiger partial charge is 0.450 e. The Morgan fingerprint density at radius 1 is 1.35 bits per heavy atom. The molecule has 0 saturated carbocycles. The van der Waals surface area contributed by atoms with Crippen LogP contribution in [-0.4, -0.2) is 33.7 Å². The molecular formula is C12H27NO3Si. The van der Waals surface area contributed by atoms with Gasteiger partial charge < -0.3 is 14.5 Å². The maximum absolute atomic E-state index is 11.2. The Hall–Kier alpha value is -0.553. The molecule has 0 heterocycles. The lowest BCUT2D eigenvalue weighted by molar-refractivity contribution is 0.143. The molecule has 0 spiro atoms. The van der Waals surface area contributed by atoms with Crippen molar-refractivity contribution in [2.45, 2.75) is 58.8 Å². The summed E-state index contributed by atoms with van der Waals surface area (Å²) in [6.45, 7) is 15.6. The van der Waals surface area contributed by atoms with Gasteiger partial charge in [-0.15, -0.1) is 0 Å². The molecule has 0 aliphatic rings. The van der Waals surface area contributed by atoms with E-state index in [-0.39, 0.29) is 17.2 Å². The molecule has 0 aliphatic heterocycles. The fourth-order valence-corrected chi connectivity index (χ4v) is 2.07. The van der Waals surface area contributed by atoms with Crippen molar-refractivity contribution in [3.8, 4) is 0 Å². The van der Waals surface area contributed by atoms with Gasteiger partial charge in [-0.1, -0.05) is 20.8 Å². The number of rotatable bonds is 5. The Kier molecular flexibility index (Phi) is 6.19. The first-order valence-corrected chi connectivity index (χ1v) is 9.08. The maximum atomic E-state index is 11.2. The van der Waals surface area contributed by atoms with Crippen LogP contribution in [0.5, 0.6) is 0 Å². The SMILES string of the molecule is CCOC(=O)NC(C)CO[Si](C)(C)C(C)(C)C. The van der Waals surface area contributed by atoms with Gasteiger partial charge in [0.05, 0.1) is 19.3 Å². The number of alkyl carbamates (subject to hydrolysis) is 1. The van der Waals surface area contributed by atoms with Gasteiger partial charge in [-0.25, -0.2) is 4.79 Å². The fourth-order valence-electron chi connectivity index (χ4n) is 0.965. The lowest BCUT2D eigenvalue weighted by atomic mass is 10.2. The molecule has 0 radical (unpaired) electrons. The summed E-state index contributed by atoms with van der Waals surface area (Å²) < 4.78 is 10.8. The number of hydrogen-bond acceptors (Lipinski definition) is 3. The summed E-state index contributed by atoms with van der Waals surface area (Å²) in [6, 6.07) is -0.0248. The number of nitrogens with one attached hydrogen (secondary N) is 1. The van der Waals surface area contributed by atoms with Crippen molar-refractivity contribution in [3.63, 3.8) is 0 Å². The molecule has 4 nitrogen and oxygen atoms in total. The van der Waals surface area contributed by atoms with Crippen molar-refractivity contribution in [2.75, 3.05) is 13.2 Å². The second-order valence-corrected chi connectivity index (χ2v) is 10.6. The van der Waals surface area contributed by atoms with Crippen molar-refractivity contribution in [1.29, 1.82) is 0 Å². The van der Waals surface area contributed by atoms with Crippen LogP contribution in [0, 0.1) is 0 Å². The quantitative estimate of drug-likeness (QED) is 0.773. The normalized spacial score (nSPS) is 14.3. The van der Waals surface area contributed by atoms with E-state index >= 15 is 0 Å². The summed E-state index contributed by atoms with van der Waals surface area (Å²) in [5, 5.41) is 2.93. The Bertz CT molecular complexity index is 249. The molecule has 1 unspecified atom stereocenters. The molecule has 0 aliphatic carbocycles. The van der Waals surface area contributed by atoms with Crippen LogP contribution in [-0.2, 0) is 9.16 Å². The van der Waals surface area contributed by atoms with E-state index in [1.165, 1.54) is 0 Å². The topological polar surface area (TPSA) is 47.6 Å².